The largest absolute Gasteiger partial charge is 0.494 e. The minimum Gasteiger partial charge on any atom is -0.494 e. The number of fused-ring (bicyclic) bond motifs is 1. The molecule has 33 heavy (non-hydrogen) atoms. The summed E-state index contributed by atoms with van der Waals surface area (Å²) in [4.78, 5) is 22.0. The van der Waals surface area contributed by atoms with Crippen LogP contribution < -0.4 is 9.64 Å². The maximum absolute atomic E-state index is 13.2. The van der Waals surface area contributed by atoms with Gasteiger partial charge in [-0.1, -0.05) is 41.1 Å². The first-order valence-electron chi connectivity index (χ1n) is 10.7. The molecule has 2 aromatic carbocycles. The number of hydrogen-bond donors (Lipinski definition) is 0. The summed E-state index contributed by atoms with van der Waals surface area (Å²) < 4.78 is 12.0. The lowest BCUT2D eigenvalue weighted by Crippen LogP contribution is -2.42. The molecule has 1 fully saturated rings. The highest BCUT2D eigenvalue weighted by molar-refractivity contribution is 7.22. The molecule has 4 rings (SSSR count). The molecule has 0 saturated carbocycles. The molecule has 1 aliphatic heterocycles. The van der Waals surface area contributed by atoms with E-state index >= 15 is 0 Å². The van der Waals surface area contributed by atoms with Crippen molar-refractivity contribution in [3.05, 3.63) is 59.1 Å². The molecular weight excluding hydrogens is 481 g/mol. The van der Waals surface area contributed by atoms with Crippen LogP contribution >= 0.6 is 35.3 Å². The first-order chi connectivity index (χ1) is 15.6. The van der Waals surface area contributed by atoms with Crippen molar-refractivity contribution in [1.82, 2.24) is 9.88 Å². The highest BCUT2D eigenvalue weighted by atomic mass is 35.5. The smallest absolute Gasteiger partial charge is 0.252 e. The third-order valence-corrected chi connectivity index (χ3v) is 6.60. The number of aromatic nitrogens is 1. The molecule has 176 valence electrons. The third-order valence-electron chi connectivity index (χ3n) is 5.21. The van der Waals surface area contributed by atoms with E-state index in [-0.39, 0.29) is 18.3 Å². The van der Waals surface area contributed by atoms with Crippen molar-refractivity contribution in [3.63, 3.8) is 0 Å². The number of halogens is 2. The number of morpholine rings is 1. The van der Waals surface area contributed by atoms with Gasteiger partial charge in [0.25, 0.3) is 5.91 Å². The number of carbonyl (C=O) groups is 1. The van der Waals surface area contributed by atoms with Gasteiger partial charge in [0.05, 0.1) is 30.0 Å². The Morgan fingerprint density at radius 3 is 2.82 bits per heavy atom. The molecule has 9 heteroatoms. The SMILES string of the molecule is CCOc1ccc2nc(N(CCN3CCOCC3)C(=O)/C=C/c3ccccc3Cl)sc2c1.Cl. The lowest BCUT2D eigenvalue weighted by molar-refractivity contribution is -0.114. The zero-order chi connectivity index (χ0) is 22.3. The number of thiazole rings is 1. The summed E-state index contributed by atoms with van der Waals surface area (Å²) in [6, 6.07) is 13.3. The lowest BCUT2D eigenvalue weighted by Gasteiger charge is -2.28. The maximum Gasteiger partial charge on any atom is 0.252 e. The maximum atomic E-state index is 13.2. The van der Waals surface area contributed by atoms with E-state index in [4.69, 9.17) is 26.1 Å². The minimum atomic E-state index is -0.123. The number of benzene rings is 2. The van der Waals surface area contributed by atoms with Crippen LogP contribution in [-0.4, -0.2) is 61.8 Å². The molecule has 0 unspecified atom stereocenters. The van der Waals surface area contributed by atoms with Crippen LogP contribution in [0.1, 0.15) is 12.5 Å². The number of nitrogens with zero attached hydrogens (tertiary/aromatic N) is 3. The van der Waals surface area contributed by atoms with Gasteiger partial charge in [-0.2, -0.15) is 0 Å². The second-order valence-electron chi connectivity index (χ2n) is 7.36. The topological polar surface area (TPSA) is 54.9 Å². The summed E-state index contributed by atoms with van der Waals surface area (Å²) in [6.07, 6.45) is 3.32. The molecular formula is C24H27Cl2N3O3S. The van der Waals surface area contributed by atoms with Crippen molar-refractivity contribution < 1.29 is 14.3 Å². The Labute approximate surface area is 209 Å². The van der Waals surface area contributed by atoms with Gasteiger partial charge in [-0.15, -0.1) is 12.4 Å². The monoisotopic (exact) mass is 507 g/mol. The molecule has 1 saturated heterocycles. The summed E-state index contributed by atoms with van der Waals surface area (Å²) >= 11 is 7.74. The van der Waals surface area contributed by atoms with Crippen LogP contribution in [0.2, 0.25) is 5.02 Å². The van der Waals surface area contributed by atoms with Crippen LogP contribution in [0.5, 0.6) is 5.75 Å². The predicted molar refractivity (Wildman–Crippen MR) is 138 cm³/mol. The fourth-order valence-corrected chi connectivity index (χ4v) is 4.72. The second kappa shape index (κ2) is 12.3. The summed E-state index contributed by atoms with van der Waals surface area (Å²) in [6.45, 7) is 7.06. The van der Waals surface area contributed by atoms with E-state index in [2.05, 4.69) is 4.90 Å². The zero-order valence-corrected chi connectivity index (χ0v) is 20.8. The average molecular weight is 508 g/mol. The van der Waals surface area contributed by atoms with Gasteiger partial charge in [-0.25, -0.2) is 4.98 Å². The number of carbonyl (C=O) groups excluding carboxylic acids is 1. The van der Waals surface area contributed by atoms with Crippen LogP contribution in [0, 0.1) is 0 Å². The van der Waals surface area contributed by atoms with E-state index in [0.29, 0.717) is 23.3 Å². The number of anilines is 1. The van der Waals surface area contributed by atoms with Gasteiger partial charge in [0.2, 0.25) is 0 Å². The zero-order valence-electron chi connectivity index (χ0n) is 18.4. The summed E-state index contributed by atoms with van der Waals surface area (Å²) in [5.41, 5.74) is 1.66. The number of ether oxygens (including phenoxy) is 2. The Bertz CT molecular complexity index is 1100. The van der Waals surface area contributed by atoms with Gasteiger partial charge in [-0.3, -0.25) is 14.6 Å². The Hall–Kier alpha value is -2.16. The normalized spacial score (nSPS) is 14.4. The molecule has 0 radical (unpaired) electrons. The molecule has 1 aliphatic rings. The molecule has 2 heterocycles. The van der Waals surface area contributed by atoms with Crippen LogP contribution in [-0.2, 0) is 9.53 Å². The van der Waals surface area contributed by atoms with Gasteiger partial charge in [0, 0.05) is 37.3 Å². The molecule has 0 aliphatic carbocycles. The second-order valence-corrected chi connectivity index (χ2v) is 8.77. The van der Waals surface area contributed by atoms with E-state index in [1.807, 2.05) is 49.4 Å². The minimum absolute atomic E-state index is 0. The van der Waals surface area contributed by atoms with Crippen molar-refractivity contribution in [1.29, 1.82) is 0 Å². The highest BCUT2D eigenvalue weighted by Crippen LogP contribution is 2.32. The van der Waals surface area contributed by atoms with Crippen molar-refractivity contribution >= 4 is 62.7 Å². The Morgan fingerprint density at radius 1 is 1.27 bits per heavy atom. The Morgan fingerprint density at radius 2 is 2.06 bits per heavy atom. The lowest BCUT2D eigenvalue weighted by atomic mass is 10.2. The Balaban J connectivity index is 0.00000306. The van der Waals surface area contributed by atoms with Gasteiger partial charge in [0.1, 0.15) is 5.75 Å². The molecule has 3 aromatic rings. The van der Waals surface area contributed by atoms with E-state index in [9.17, 15) is 4.79 Å². The standard InChI is InChI=1S/C24H26ClN3O3S.ClH/c1-2-31-19-8-9-21-22(17-19)32-24(26-21)28(12-11-27-13-15-30-16-14-27)23(29)10-7-18-5-3-4-6-20(18)25;/h3-10,17H,2,11-16H2,1H3;1H/b10-7+;. The molecule has 0 spiro atoms. The first kappa shape index (κ1) is 25.5. The van der Waals surface area contributed by atoms with Crippen LogP contribution in [0.3, 0.4) is 0 Å². The summed E-state index contributed by atoms with van der Waals surface area (Å²) in [5.74, 6) is 0.683. The first-order valence-corrected chi connectivity index (χ1v) is 11.9. The number of rotatable bonds is 8. The fraction of sp³-hybridized carbons (Fsp3) is 0.333. The van der Waals surface area contributed by atoms with Crippen LogP contribution in [0.15, 0.2) is 48.5 Å². The third kappa shape index (κ3) is 6.68. The summed E-state index contributed by atoms with van der Waals surface area (Å²) in [7, 11) is 0. The van der Waals surface area contributed by atoms with Crippen molar-refractivity contribution in [2.24, 2.45) is 0 Å². The van der Waals surface area contributed by atoms with Crippen LogP contribution in [0.4, 0.5) is 5.13 Å². The summed E-state index contributed by atoms with van der Waals surface area (Å²) in [5, 5.41) is 1.29. The van der Waals surface area contributed by atoms with E-state index in [1.165, 1.54) is 11.3 Å². The van der Waals surface area contributed by atoms with E-state index < -0.39 is 0 Å². The molecule has 1 aromatic heterocycles. The molecule has 0 bridgehead atoms. The Kier molecular flexibility index (Phi) is 9.52. The molecule has 0 N–H and O–H groups in total. The van der Waals surface area contributed by atoms with Crippen molar-refractivity contribution in [3.8, 4) is 5.75 Å². The number of hydrogen-bond acceptors (Lipinski definition) is 6. The van der Waals surface area contributed by atoms with Crippen molar-refractivity contribution in [2.45, 2.75) is 6.92 Å². The van der Waals surface area contributed by atoms with Gasteiger partial charge in [0.15, 0.2) is 5.13 Å². The molecule has 0 atom stereocenters. The quantitative estimate of drug-likeness (QED) is 0.394. The van der Waals surface area contributed by atoms with E-state index in [0.717, 1.165) is 54.4 Å². The van der Waals surface area contributed by atoms with Gasteiger partial charge < -0.3 is 9.47 Å². The molecule has 1 amide bonds. The van der Waals surface area contributed by atoms with Crippen molar-refractivity contribution in [2.75, 3.05) is 50.9 Å². The number of amides is 1. The fourth-order valence-electron chi connectivity index (χ4n) is 3.49. The molecule has 6 nitrogen and oxygen atoms in total. The van der Waals surface area contributed by atoms with Crippen LogP contribution in [0.25, 0.3) is 16.3 Å². The van der Waals surface area contributed by atoms with E-state index in [1.54, 1.807) is 17.1 Å². The van der Waals surface area contributed by atoms with Gasteiger partial charge >= 0.3 is 0 Å². The average Bonchev–Trinajstić information content (AvgIpc) is 3.22. The highest BCUT2D eigenvalue weighted by Gasteiger charge is 2.20. The predicted octanol–water partition coefficient (Wildman–Crippen LogP) is 5.15. The van der Waals surface area contributed by atoms with Gasteiger partial charge in [-0.05, 0) is 42.8 Å².